The largest absolute Gasteiger partial charge is 0.481 e. The zero-order valence-electron chi connectivity index (χ0n) is 12.0. The average molecular weight is 282 g/mol. The molecule has 1 atom stereocenters. The second-order valence-electron chi connectivity index (χ2n) is 4.76. The van der Waals surface area contributed by atoms with E-state index in [-0.39, 0.29) is 18.4 Å². The fourth-order valence-electron chi connectivity index (χ4n) is 1.72. The second kappa shape index (κ2) is 8.29. The van der Waals surface area contributed by atoms with Crippen LogP contribution in [-0.2, 0) is 16.0 Å². The van der Waals surface area contributed by atoms with Crippen molar-refractivity contribution in [2.24, 2.45) is 0 Å². The number of nitrogens with zero attached hydrogens (tertiary/aromatic N) is 3. The van der Waals surface area contributed by atoms with Crippen LogP contribution in [0.25, 0.3) is 0 Å². The third kappa shape index (κ3) is 5.38. The first-order valence-corrected chi connectivity index (χ1v) is 6.94. The van der Waals surface area contributed by atoms with Gasteiger partial charge >= 0.3 is 5.97 Å². The summed E-state index contributed by atoms with van der Waals surface area (Å²) in [6.07, 6.45) is 4.86. The first kappa shape index (κ1) is 16.1. The molecule has 0 saturated carbocycles. The van der Waals surface area contributed by atoms with Gasteiger partial charge in [-0.15, -0.1) is 5.10 Å². The van der Waals surface area contributed by atoms with Gasteiger partial charge in [0.25, 0.3) is 0 Å². The lowest BCUT2D eigenvalue weighted by Gasteiger charge is -2.10. The van der Waals surface area contributed by atoms with E-state index in [0.29, 0.717) is 19.4 Å². The van der Waals surface area contributed by atoms with E-state index in [0.717, 1.165) is 18.5 Å². The molecule has 1 amide bonds. The van der Waals surface area contributed by atoms with E-state index < -0.39 is 5.97 Å². The fourth-order valence-corrected chi connectivity index (χ4v) is 1.72. The number of hydrogen-bond acceptors (Lipinski definition) is 4. The number of nitrogens with one attached hydrogen (secondary N) is 1. The van der Waals surface area contributed by atoms with Crippen molar-refractivity contribution in [1.82, 2.24) is 20.3 Å². The summed E-state index contributed by atoms with van der Waals surface area (Å²) >= 11 is 0. The Hall–Kier alpha value is -1.92. The van der Waals surface area contributed by atoms with Crippen LogP contribution in [0.15, 0.2) is 6.20 Å². The van der Waals surface area contributed by atoms with Crippen molar-refractivity contribution < 1.29 is 14.7 Å². The third-order valence-corrected chi connectivity index (χ3v) is 2.96. The number of aryl methyl sites for hydroxylation is 1. The van der Waals surface area contributed by atoms with Crippen molar-refractivity contribution in [2.45, 2.75) is 52.0 Å². The summed E-state index contributed by atoms with van der Waals surface area (Å²) in [6.45, 7) is 4.42. The van der Waals surface area contributed by atoms with Crippen LogP contribution in [0.2, 0.25) is 0 Å². The van der Waals surface area contributed by atoms with Crippen molar-refractivity contribution in [2.75, 3.05) is 6.54 Å². The Bertz CT molecular complexity index is 445. The molecule has 0 aliphatic rings. The highest BCUT2D eigenvalue weighted by molar-refractivity contribution is 5.79. The quantitative estimate of drug-likeness (QED) is 0.662. The number of unbranched alkanes of at least 4 members (excludes halogenated alkanes) is 1. The maximum Gasteiger partial charge on any atom is 0.303 e. The van der Waals surface area contributed by atoms with Gasteiger partial charge in [-0.25, -0.2) is 4.68 Å². The van der Waals surface area contributed by atoms with Crippen molar-refractivity contribution in [3.63, 3.8) is 0 Å². The summed E-state index contributed by atoms with van der Waals surface area (Å²) < 4.78 is 1.54. The molecule has 1 aromatic heterocycles. The molecule has 7 nitrogen and oxygen atoms in total. The van der Waals surface area contributed by atoms with Crippen LogP contribution >= 0.6 is 0 Å². The van der Waals surface area contributed by atoms with Gasteiger partial charge in [-0.3, -0.25) is 9.59 Å². The molecule has 0 aromatic carbocycles. The van der Waals surface area contributed by atoms with Gasteiger partial charge in [0.05, 0.1) is 5.69 Å². The van der Waals surface area contributed by atoms with Gasteiger partial charge in [0.1, 0.15) is 6.04 Å². The summed E-state index contributed by atoms with van der Waals surface area (Å²) in [7, 11) is 0. The van der Waals surface area contributed by atoms with E-state index in [4.69, 9.17) is 5.11 Å². The number of carboxylic acids is 1. The normalized spacial score (nSPS) is 12.1. The molecule has 0 radical (unpaired) electrons. The molecule has 20 heavy (non-hydrogen) atoms. The minimum Gasteiger partial charge on any atom is -0.481 e. The van der Waals surface area contributed by atoms with Crippen LogP contribution in [0.5, 0.6) is 0 Å². The van der Waals surface area contributed by atoms with Gasteiger partial charge in [0.2, 0.25) is 5.91 Å². The van der Waals surface area contributed by atoms with Crippen molar-refractivity contribution in [3.8, 4) is 0 Å². The molecular weight excluding hydrogens is 260 g/mol. The predicted molar refractivity (Wildman–Crippen MR) is 73.2 cm³/mol. The van der Waals surface area contributed by atoms with Gasteiger partial charge in [0.15, 0.2) is 0 Å². The molecule has 0 aliphatic carbocycles. The van der Waals surface area contributed by atoms with Crippen LogP contribution in [0.3, 0.4) is 0 Å². The zero-order chi connectivity index (χ0) is 15.0. The first-order valence-electron chi connectivity index (χ1n) is 6.94. The average Bonchev–Trinajstić information content (AvgIpc) is 2.88. The Morgan fingerprint density at radius 1 is 1.45 bits per heavy atom. The van der Waals surface area contributed by atoms with Crippen molar-refractivity contribution in [3.05, 3.63) is 11.9 Å². The van der Waals surface area contributed by atoms with Crippen LogP contribution in [0.4, 0.5) is 0 Å². The molecule has 1 aromatic rings. The van der Waals surface area contributed by atoms with Crippen LogP contribution < -0.4 is 5.32 Å². The number of amides is 1. The molecule has 2 N–H and O–H groups in total. The number of carbonyl (C=O) groups excluding carboxylic acids is 1. The van der Waals surface area contributed by atoms with E-state index >= 15 is 0 Å². The predicted octanol–water partition coefficient (Wildman–Crippen LogP) is 1.16. The molecule has 112 valence electrons. The minimum atomic E-state index is -0.783. The van der Waals surface area contributed by atoms with Crippen molar-refractivity contribution >= 4 is 11.9 Å². The maximum absolute atomic E-state index is 11.8. The van der Waals surface area contributed by atoms with E-state index in [9.17, 15) is 9.59 Å². The highest BCUT2D eigenvalue weighted by Gasteiger charge is 2.15. The minimum absolute atomic E-state index is 0.0748. The summed E-state index contributed by atoms with van der Waals surface area (Å²) in [5.74, 6) is -0.857. The monoisotopic (exact) mass is 282 g/mol. The summed E-state index contributed by atoms with van der Waals surface area (Å²) in [4.78, 5) is 22.2. The fraction of sp³-hybridized carbons (Fsp3) is 0.692. The molecule has 1 unspecified atom stereocenters. The lowest BCUT2D eigenvalue weighted by Crippen LogP contribution is -2.31. The molecule has 0 saturated heterocycles. The lowest BCUT2D eigenvalue weighted by molar-refractivity contribution is -0.137. The van der Waals surface area contributed by atoms with Crippen LogP contribution in [0.1, 0.15) is 51.3 Å². The smallest absolute Gasteiger partial charge is 0.303 e. The highest BCUT2D eigenvalue weighted by Crippen LogP contribution is 2.08. The number of rotatable bonds is 9. The summed E-state index contributed by atoms with van der Waals surface area (Å²) in [5, 5.41) is 19.3. The number of carboxylic acid groups (broad SMARTS) is 1. The Morgan fingerprint density at radius 3 is 2.85 bits per heavy atom. The zero-order valence-corrected chi connectivity index (χ0v) is 12.0. The number of carbonyl (C=O) groups is 2. The molecule has 1 heterocycles. The van der Waals surface area contributed by atoms with Crippen LogP contribution in [-0.4, -0.2) is 38.5 Å². The third-order valence-electron chi connectivity index (χ3n) is 2.96. The van der Waals surface area contributed by atoms with Crippen LogP contribution in [0, 0.1) is 0 Å². The second-order valence-corrected chi connectivity index (χ2v) is 4.76. The molecule has 0 fully saturated rings. The topological polar surface area (TPSA) is 97.1 Å². The Kier molecular flexibility index (Phi) is 6.69. The van der Waals surface area contributed by atoms with Gasteiger partial charge in [0, 0.05) is 19.2 Å². The Morgan fingerprint density at radius 2 is 2.20 bits per heavy atom. The molecule has 0 bridgehead atoms. The SMILES string of the molecule is CCCNC(=O)C(C)n1cc(CCCCC(=O)O)nn1. The number of aliphatic carboxylic acids is 1. The highest BCUT2D eigenvalue weighted by atomic mass is 16.4. The van der Waals surface area contributed by atoms with E-state index in [1.807, 2.05) is 6.92 Å². The van der Waals surface area contributed by atoms with Gasteiger partial charge in [-0.2, -0.15) is 0 Å². The Balaban J connectivity index is 2.41. The number of aromatic nitrogens is 3. The van der Waals surface area contributed by atoms with E-state index in [1.165, 1.54) is 4.68 Å². The molecular formula is C13H22N4O3. The Labute approximate surface area is 118 Å². The van der Waals surface area contributed by atoms with E-state index in [2.05, 4.69) is 15.6 Å². The first-order chi connectivity index (χ1) is 9.54. The van der Waals surface area contributed by atoms with E-state index in [1.54, 1.807) is 13.1 Å². The standard InChI is InChI=1S/C13H22N4O3/c1-3-8-14-13(20)10(2)17-9-11(15-16-17)6-4-5-7-12(18)19/h9-10H,3-8H2,1-2H3,(H,14,20)(H,18,19). The molecule has 1 rings (SSSR count). The van der Waals surface area contributed by atoms with Gasteiger partial charge < -0.3 is 10.4 Å². The molecule has 0 spiro atoms. The van der Waals surface area contributed by atoms with Gasteiger partial charge in [-0.1, -0.05) is 12.1 Å². The van der Waals surface area contributed by atoms with Gasteiger partial charge in [-0.05, 0) is 32.6 Å². The summed E-state index contributed by atoms with van der Waals surface area (Å²) in [5.41, 5.74) is 0.783. The van der Waals surface area contributed by atoms with Crippen molar-refractivity contribution in [1.29, 1.82) is 0 Å². The lowest BCUT2D eigenvalue weighted by atomic mass is 10.1. The number of hydrogen-bond donors (Lipinski definition) is 2. The maximum atomic E-state index is 11.8. The summed E-state index contributed by atoms with van der Waals surface area (Å²) in [6, 6.07) is -0.387. The molecule has 0 aliphatic heterocycles. The molecule has 7 heteroatoms.